The molecule has 0 radical (unpaired) electrons. The zero-order chi connectivity index (χ0) is 17.1. The van der Waals surface area contributed by atoms with Crippen LogP contribution in [0, 0.1) is 11.8 Å². The van der Waals surface area contributed by atoms with Crippen LogP contribution in [0.1, 0.15) is 20.3 Å². The Balaban J connectivity index is 1.58. The van der Waals surface area contributed by atoms with Gasteiger partial charge in [-0.2, -0.15) is 0 Å². The van der Waals surface area contributed by atoms with Crippen molar-refractivity contribution in [2.24, 2.45) is 11.8 Å². The average molecular weight is 329 g/mol. The summed E-state index contributed by atoms with van der Waals surface area (Å²) in [6, 6.07) is 9.72. The van der Waals surface area contributed by atoms with E-state index in [0.29, 0.717) is 13.0 Å². The van der Waals surface area contributed by atoms with Gasteiger partial charge in [-0.1, -0.05) is 25.1 Å². The Morgan fingerprint density at radius 3 is 2.29 bits per heavy atom. The number of hydrogen-bond donors (Lipinski definition) is 0. The number of carbonyl (C=O) groups excluding carboxylic acids is 2. The molecule has 5 nitrogen and oxygen atoms in total. The van der Waals surface area contributed by atoms with Crippen LogP contribution < -0.4 is 4.90 Å². The SMILES string of the molecule is CCN1CCN(C(=O)C2CC2C(=O)N(CC)c2ccccc2)CC1. The molecule has 0 aromatic heterocycles. The van der Waals surface area contributed by atoms with E-state index in [2.05, 4.69) is 11.8 Å². The van der Waals surface area contributed by atoms with E-state index >= 15 is 0 Å². The Morgan fingerprint density at radius 1 is 1.04 bits per heavy atom. The fraction of sp³-hybridized carbons (Fsp3) is 0.579. The van der Waals surface area contributed by atoms with Crippen molar-refractivity contribution in [2.75, 3.05) is 44.2 Å². The normalized spacial score (nSPS) is 23.8. The molecule has 3 rings (SSSR count). The fourth-order valence-electron chi connectivity index (χ4n) is 3.53. The van der Waals surface area contributed by atoms with Crippen molar-refractivity contribution in [3.63, 3.8) is 0 Å². The molecule has 1 aliphatic carbocycles. The van der Waals surface area contributed by atoms with E-state index in [4.69, 9.17) is 0 Å². The van der Waals surface area contributed by atoms with Crippen LogP contribution in [0.5, 0.6) is 0 Å². The highest BCUT2D eigenvalue weighted by atomic mass is 16.2. The van der Waals surface area contributed by atoms with Crippen molar-refractivity contribution in [1.29, 1.82) is 0 Å². The molecular formula is C19H27N3O2. The smallest absolute Gasteiger partial charge is 0.230 e. The fourth-order valence-corrected chi connectivity index (χ4v) is 3.53. The Labute approximate surface area is 144 Å². The molecule has 1 aromatic rings. The first-order valence-electron chi connectivity index (χ1n) is 9.03. The largest absolute Gasteiger partial charge is 0.340 e. The lowest BCUT2D eigenvalue weighted by Gasteiger charge is -2.34. The van der Waals surface area contributed by atoms with Crippen molar-refractivity contribution in [2.45, 2.75) is 20.3 Å². The number of rotatable bonds is 5. The summed E-state index contributed by atoms with van der Waals surface area (Å²) in [6.07, 6.45) is 0.703. The van der Waals surface area contributed by atoms with E-state index in [0.717, 1.165) is 38.4 Å². The van der Waals surface area contributed by atoms with Gasteiger partial charge in [-0.15, -0.1) is 0 Å². The second-order valence-corrected chi connectivity index (χ2v) is 6.63. The van der Waals surface area contributed by atoms with Crippen LogP contribution in [-0.4, -0.2) is 60.9 Å². The summed E-state index contributed by atoms with van der Waals surface area (Å²) in [4.78, 5) is 31.5. The predicted octanol–water partition coefficient (Wildman–Crippen LogP) is 1.84. The van der Waals surface area contributed by atoms with Crippen LogP contribution >= 0.6 is 0 Å². The van der Waals surface area contributed by atoms with Crippen LogP contribution in [-0.2, 0) is 9.59 Å². The number of hydrogen-bond acceptors (Lipinski definition) is 3. The van der Waals surface area contributed by atoms with Crippen LogP contribution in [0.3, 0.4) is 0 Å². The van der Waals surface area contributed by atoms with Crippen LogP contribution in [0.15, 0.2) is 30.3 Å². The molecule has 1 saturated carbocycles. The van der Waals surface area contributed by atoms with Gasteiger partial charge in [0.05, 0.1) is 11.8 Å². The molecule has 1 heterocycles. The van der Waals surface area contributed by atoms with E-state index in [9.17, 15) is 9.59 Å². The van der Waals surface area contributed by atoms with Crippen molar-refractivity contribution in [1.82, 2.24) is 9.80 Å². The second-order valence-electron chi connectivity index (χ2n) is 6.63. The van der Waals surface area contributed by atoms with Gasteiger partial charge < -0.3 is 14.7 Å². The minimum Gasteiger partial charge on any atom is -0.340 e. The maximum atomic E-state index is 12.8. The summed E-state index contributed by atoms with van der Waals surface area (Å²) in [7, 11) is 0. The molecule has 0 spiro atoms. The number of amides is 2. The number of anilines is 1. The second kappa shape index (κ2) is 7.34. The highest BCUT2D eigenvalue weighted by molar-refractivity contribution is 6.01. The summed E-state index contributed by atoms with van der Waals surface area (Å²) in [5, 5.41) is 0. The highest BCUT2D eigenvalue weighted by Crippen LogP contribution is 2.42. The predicted molar refractivity (Wildman–Crippen MR) is 94.8 cm³/mol. The first kappa shape index (κ1) is 17.0. The number of carbonyl (C=O) groups is 2. The molecule has 2 aliphatic rings. The van der Waals surface area contributed by atoms with Gasteiger partial charge >= 0.3 is 0 Å². The maximum absolute atomic E-state index is 12.8. The zero-order valence-corrected chi connectivity index (χ0v) is 14.6. The zero-order valence-electron chi connectivity index (χ0n) is 14.6. The molecule has 0 bridgehead atoms. The van der Waals surface area contributed by atoms with Crippen LogP contribution in [0.25, 0.3) is 0 Å². The molecule has 2 fully saturated rings. The quantitative estimate of drug-likeness (QED) is 0.828. The molecule has 1 aliphatic heterocycles. The third kappa shape index (κ3) is 3.46. The van der Waals surface area contributed by atoms with Gasteiger partial charge in [0, 0.05) is 38.4 Å². The lowest BCUT2D eigenvalue weighted by Crippen LogP contribution is -2.49. The lowest BCUT2D eigenvalue weighted by molar-refractivity contribution is -0.136. The Morgan fingerprint density at radius 2 is 1.71 bits per heavy atom. The Kier molecular flexibility index (Phi) is 5.19. The summed E-state index contributed by atoms with van der Waals surface area (Å²) in [5.74, 6) is 0.0211. The molecule has 0 N–H and O–H groups in total. The Hall–Kier alpha value is -1.88. The molecule has 1 saturated heterocycles. The monoisotopic (exact) mass is 329 g/mol. The molecule has 2 atom stereocenters. The molecular weight excluding hydrogens is 302 g/mol. The van der Waals surface area contributed by atoms with E-state index in [-0.39, 0.29) is 23.7 Å². The Bertz CT molecular complexity index is 582. The van der Waals surface area contributed by atoms with E-state index < -0.39 is 0 Å². The van der Waals surface area contributed by atoms with E-state index in [1.807, 2.05) is 42.2 Å². The van der Waals surface area contributed by atoms with Crippen molar-refractivity contribution in [3.05, 3.63) is 30.3 Å². The molecule has 130 valence electrons. The van der Waals surface area contributed by atoms with Gasteiger partial charge in [0.15, 0.2) is 0 Å². The van der Waals surface area contributed by atoms with Gasteiger partial charge in [0.2, 0.25) is 11.8 Å². The number of para-hydroxylation sites is 1. The summed E-state index contributed by atoms with van der Waals surface area (Å²) in [5.41, 5.74) is 0.916. The third-order valence-electron chi connectivity index (χ3n) is 5.21. The summed E-state index contributed by atoms with van der Waals surface area (Å²) < 4.78 is 0. The van der Waals surface area contributed by atoms with E-state index in [1.54, 1.807) is 4.90 Å². The topological polar surface area (TPSA) is 43.9 Å². The standard InChI is InChI=1S/C19H27N3O2/c1-3-20-10-12-21(13-11-20)18(23)16-14-17(16)19(24)22(4-2)15-8-6-5-7-9-15/h5-9,16-17H,3-4,10-14H2,1-2H3. The number of nitrogens with zero attached hydrogens (tertiary/aromatic N) is 3. The van der Waals surface area contributed by atoms with Gasteiger partial charge in [-0.25, -0.2) is 0 Å². The van der Waals surface area contributed by atoms with Crippen molar-refractivity contribution < 1.29 is 9.59 Å². The van der Waals surface area contributed by atoms with Crippen molar-refractivity contribution >= 4 is 17.5 Å². The first-order valence-corrected chi connectivity index (χ1v) is 9.03. The minimum absolute atomic E-state index is 0.0919. The first-order chi connectivity index (χ1) is 11.7. The van der Waals surface area contributed by atoms with Crippen LogP contribution in [0.2, 0.25) is 0 Å². The summed E-state index contributed by atoms with van der Waals surface area (Å²) >= 11 is 0. The highest BCUT2D eigenvalue weighted by Gasteiger charge is 2.51. The average Bonchev–Trinajstić information content (AvgIpc) is 3.43. The van der Waals surface area contributed by atoms with Gasteiger partial charge in [-0.05, 0) is 32.0 Å². The maximum Gasteiger partial charge on any atom is 0.230 e. The molecule has 2 amide bonds. The van der Waals surface area contributed by atoms with Gasteiger partial charge in [-0.3, -0.25) is 9.59 Å². The van der Waals surface area contributed by atoms with E-state index in [1.165, 1.54) is 0 Å². The third-order valence-corrected chi connectivity index (χ3v) is 5.21. The molecule has 1 aromatic carbocycles. The van der Waals surface area contributed by atoms with Crippen LogP contribution in [0.4, 0.5) is 5.69 Å². The van der Waals surface area contributed by atoms with Crippen molar-refractivity contribution in [3.8, 4) is 0 Å². The molecule has 24 heavy (non-hydrogen) atoms. The van der Waals surface area contributed by atoms with Gasteiger partial charge in [0.25, 0.3) is 0 Å². The molecule has 5 heteroatoms. The number of benzene rings is 1. The minimum atomic E-state index is -0.137. The molecule has 2 unspecified atom stereocenters. The lowest BCUT2D eigenvalue weighted by atomic mass is 10.2. The van der Waals surface area contributed by atoms with Gasteiger partial charge in [0.1, 0.15) is 0 Å². The number of piperazine rings is 1. The number of likely N-dealkylation sites (N-methyl/N-ethyl adjacent to an activating group) is 1. The summed E-state index contributed by atoms with van der Waals surface area (Å²) in [6.45, 7) is 9.27.